The van der Waals surface area contributed by atoms with E-state index in [0.717, 1.165) is 42.8 Å². The van der Waals surface area contributed by atoms with E-state index in [-0.39, 0.29) is 11.9 Å². The molecule has 0 saturated carbocycles. The summed E-state index contributed by atoms with van der Waals surface area (Å²) in [6.45, 7) is 5.59. The van der Waals surface area contributed by atoms with Gasteiger partial charge < -0.3 is 10.2 Å². The van der Waals surface area contributed by atoms with Gasteiger partial charge in [0.2, 0.25) is 5.91 Å². The van der Waals surface area contributed by atoms with Crippen LogP contribution >= 0.6 is 0 Å². The van der Waals surface area contributed by atoms with Gasteiger partial charge in [-0.15, -0.1) is 0 Å². The summed E-state index contributed by atoms with van der Waals surface area (Å²) in [5.41, 5.74) is 2.96. The summed E-state index contributed by atoms with van der Waals surface area (Å²) in [7, 11) is 0. The normalized spacial score (nSPS) is 16.3. The van der Waals surface area contributed by atoms with E-state index < -0.39 is 0 Å². The molecule has 5 nitrogen and oxygen atoms in total. The number of para-hydroxylation sites is 1. The Morgan fingerprint density at radius 3 is 2.52 bits per heavy atom. The smallest absolute Gasteiger partial charge is 0.241 e. The Labute approximate surface area is 159 Å². The fourth-order valence-corrected chi connectivity index (χ4v) is 3.62. The van der Waals surface area contributed by atoms with Crippen molar-refractivity contribution in [3.05, 3.63) is 66.9 Å². The highest BCUT2D eigenvalue weighted by Crippen LogP contribution is 2.22. The van der Waals surface area contributed by atoms with Crippen molar-refractivity contribution in [1.29, 1.82) is 0 Å². The van der Waals surface area contributed by atoms with Crippen LogP contribution in [0.25, 0.3) is 10.9 Å². The average Bonchev–Trinajstić information content (AvgIpc) is 2.74. The zero-order chi connectivity index (χ0) is 18.6. The second-order valence-corrected chi connectivity index (χ2v) is 6.90. The lowest BCUT2D eigenvalue weighted by atomic mass is 10.1. The molecule has 2 heterocycles. The topological polar surface area (TPSA) is 48.5 Å². The summed E-state index contributed by atoms with van der Waals surface area (Å²) in [4.78, 5) is 21.8. The number of amides is 1. The van der Waals surface area contributed by atoms with E-state index in [1.165, 1.54) is 5.69 Å². The predicted molar refractivity (Wildman–Crippen MR) is 110 cm³/mol. The molecule has 5 heteroatoms. The number of fused-ring (bicyclic) bond motifs is 1. The molecule has 0 unspecified atom stereocenters. The van der Waals surface area contributed by atoms with Gasteiger partial charge in [0.05, 0.1) is 17.2 Å². The maximum atomic E-state index is 12.8. The number of aromatic nitrogens is 1. The van der Waals surface area contributed by atoms with Crippen molar-refractivity contribution in [3.8, 4) is 0 Å². The van der Waals surface area contributed by atoms with E-state index in [2.05, 4.69) is 44.4 Å². The number of nitrogens with zero attached hydrogens (tertiary/aromatic N) is 3. The number of nitrogens with one attached hydrogen (secondary N) is 1. The van der Waals surface area contributed by atoms with Gasteiger partial charge in [0, 0.05) is 43.4 Å². The predicted octanol–water partition coefficient (Wildman–Crippen LogP) is 3.38. The molecular weight excluding hydrogens is 336 g/mol. The number of hydrogen-bond acceptors (Lipinski definition) is 4. The SMILES string of the molecule is C[C@H](C(=O)Nc1cccc2ncccc12)N1CCN(c2ccccc2)CC1. The van der Waals surface area contributed by atoms with Gasteiger partial charge in [-0.25, -0.2) is 0 Å². The average molecular weight is 360 g/mol. The Morgan fingerprint density at radius 1 is 0.963 bits per heavy atom. The van der Waals surface area contributed by atoms with Gasteiger partial charge in [-0.3, -0.25) is 14.7 Å². The van der Waals surface area contributed by atoms with E-state index in [0.29, 0.717) is 0 Å². The standard InChI is InChI=1S/C22H24N4O/c1-17(25-13-15-26(16-14-25)18-7-3-2-4-8-18)22(27)24-21-11-5-10-20-19(21)9-6-12-23-20/h2-12,17H,13-16H2,1H3,(H,24,27)/t17-/m1/s1. The molecule has 4 rings (SSSR count). The molecule has 27 heavy (non-hydrogen) atoms. The maximum absolute atomic E-state index is 12.8. The van der Waals surface area contributed by atoms with E-state index in [1.807, 2.05) is 43.3 Å². The van der Waals surface area contributed by atoms with Gasteiger partial charge in [0.15, 0.2) is 0 Å². The summed E-state index contributed by atoms with van der Waals surface area (Å²) in [6, 6.07) is 20.0. The van der Waals surface area contributed by atoms with Gasteiger partial charge in [-0.1, -0.05) is 24.3 Å². The highest BCUT2D eigenvalue weighted by Gasteiger charge is 2.26. The lowest BCUT2D eigenvalue weighted by Crippen LogP contribution is -2.52. The Bertz CT molecular complexity index is 915. The highest BCUT2D eigenvalue weighted by atomic mass is 16.2. The molecule has 1 amide bonds. The van der Waals surface area contributed by atoms with Crippen LogP contribution in [0.5, 0.6) is 0 Å². The fraction of sp³-hybridized carbons (Fsp3) is 0.273. The second-order valence-electron chi connectivity index (χ2n) is 6.90. The van der Waals surface area contributed by atoms with Crippen LogP contribution in [0.2, 0.25) is 0 Å². The summed E-state index contributed by atoms with van der Waals surface area (Å²) in [5, 5.41) is 4.06. The molecule has 2 aromatic carbocycles. The van der Waals surface area contributed by atoms with E-state index in [1.54, 1.807) is 6.20 Å². The lowest BCUT2D eigenvalue weighted by molar-refractivity contribution is -0.120. The quantitative estimate of drug-likeness (QED) is 0.775. The number of piperazine rings is 1. The molecule has 1 N–H and O–H groups in total. The van der Waals surface area contributed by atoms with Crippen LogP contribution in [0.3, 0.4) is 0 Å². The molecule has 0 spiro atoms. The molecule has 1 aliphatic heterocycles. The largest absolute Gasteiger partial charge is 0.369 e. The number of pyridine rings is 1. The first-order valence-corrected chi connectivity index (χ1v) is 9.41. The van der Waals surface area contributed by atoms with Crippen molar-refractivity contribution in [1.82, 2.24) is 9.88 Å². The van der Waals surface area contributed by atoms with E-state index in [9.17, 15) is 4.79 Å². The van der Waals surface area contributed by atoms with Gasteiger partial charge >= 0.3 is 0 Å². The third-order valence-corrected chi connectivity index (χ3v) is 5.27. The number of benzene rings is 2. The molecule has 1 aliphatic rings. The van der Waals surface area contributed by atoms with Crippen molar-refractivity contribution in [2.45, 2.75) is 13.0 Å². The first-order chi connectivity index (χ1) is 13.2. The second kappa shape index (κ2) is 7.76. The Kier molecular flexibility index (Phi) is 5.03. The molecule has 0 aliphatic carbocycles. The van der Waals surface area contributed by atoms with Crippen LogP contribution in [0.4, 0.5) is 11.4 Å². The summed E-state index contributed by atoms with van der Waals surface area (Å²) < 4.78 is 0. The van der Waals surface area contributed by atoms with Crippen molar-refractivity contribution < 1.29 is 4.79 Å². The number of carbonyl (C=O) groups excluding carboxylic acids is 1. The minimum absolute atomic E-state index is 0.0273. The number of carbonyl (C=O) groups is 1. The third kappa shape index (κ3) is 3.78. The van der Waals surface area contributed by atoms with Crippen LogP contribution in [-0.4, -0.2) is 48.0 Å². The number of anilines is 2. The minimum atomic E-state index is -0.171. The molecule has 0 radical (unpaired) electrons. The molecule has 0 bridgehead atoms. The summed E-state index contributed by atoms with van der Waals surface area (Å²) in [5.74, 6) is 0.0273. The van der Waals surface area contributed by atoms with E-state index >= 15 is 0 Å². The summed E-state index contributed by atoms with van der Waals surface area (Å²) in [6.07, 6.45) is 1.77. The van der Waals surface area contributed by atoms with Gasteiger partial charge in [0.25, 0.3) is 0 Å². The van der Waals surface area contributed by atoms with Gasteiger partial charge in [0.1, 0.15) is 0 Å². The molecule has 3 aromatic rings. The molecule has 1 atom stereocenters. The minimum Gasteiger partial charge on any atom is -0.369 e. The van der Waals surface area contributed by atoms with Gasteiger partial charge in [-0.2, -0.15) is 0 Å². The van der Waals surface area contributed by atoms with E-state index in [4.69, 9.17) is 0 Å². The molecule has 138 valence electrons. The van der Waals surface area contributed by atoms with Crippen LogP contribution in [0.1, 0.15) is 6.92 Å². The maximum Gasteiger partial charge on any atom is 0.241 e. The molecule has 1 saturated heterocycles. The van der Waals surface area contributed by atoms with Crippen molar-refractivity contribution in [3.63, 3.8) is 0 Å². The van der Waals surface area contributed by atoms with Crippen molar-refractivity contribution in [2.24, 2.45) is 0 Å². The van der Waals surface area contributed by atoms with Crippen molar-refractivity contribution in [2.75, 3.05) is 36.4 Å². The first-order valence-electron chi connectivity index (χ1n) is 9.41. The first kappa shape index (κ1) is 17.5. The highest BCUT2D eigenvalue weighted by molar-refractivity contribution is 6.02. The number of rotatable bonds is 4. The van der Waals surface area contributed by atoms with Crippen LogP contribution in [0, 0.1) is 0 Å². The van der Waals surface area contributed by atoms with Crippen LogP contribution in [-0.2, 0) is 4.79 Å². The zero-order valence-corrected chi connectivity index (χ0v) is 15.5. The number of hydrogen-bond donors (Lipinski definition) is 1. The monoisotopic (exact) mass is 360 g/mol. The van der Waals surface area contributed by atoms with Gasteiger partial charge in [-0.05, 0) is 43.3 Å². The Hall–Kier alpha value is -2.92. The summed E-state index contributed by atoms with van der Waals surface area (Å²) >= 11 is 0. The molecule has 1 aromatic heterocycles. The van der Waals surface area contributed by atoms with Crippen molar-refractivity contribution >= 4 is 28.2 Å². The lowest BCUT2D eigenvalue weighted by Gasteiger charge is -2.38. The molecular formula is C22H24N4O. The Balaban J connectivity index is 1.40. The van der Waals surface area contributed by atoms with Crippen LogP contribution < -0.4 is 10.2 Å². The molecule has 1 fully saturated rings. The zero-order valence-electron chi connectivity index (χ0n) is 15.5. The van der Waals surface area contributed by atoms with Crippen LogP contribution in [0.15, 0.2) is 66.9 Å². The fourth-order valence-electron chi connectivity index (χ4n) is 3.62. The Morgan fingerprint density at radius 2 is 1.74 bits per heavy atom. The third-order valence-electron chi connectivity index (χ3n) is 5.27.